The van der Waals surface area contributed by atoms with Crippen LogP contribution in [0.2, 0.25) is 0 Å². The second-order valence-corrected chi connectivity index (χ2v) is 3.77. The van der Waals surface area contributed by atoms with Crippen molar-refractivity contribution in [3.05, 3.63) is 0 Å². The molecular formula is C9H18N2O. The van der Waals surface area contributed by atoms with E-state index >= 15 is 0 Å². The van der Waals surface area contributed by atoms with Crippen molar-refractivity contribution in [2.75, 3.05) is 45.9 Å². The Morgan fingerprint density at radius 1 is 1.25 bits per heavy atom. The highest BCUT2D eigenvalue weighted by Gasteiger charge is 2.18. The third-order valence-electron chi connectivity index (χ3n) is 2.82. The van der Waals surface area contributed by atoms with Crippen LogP contribution in [0.25, 0.3) is 0 Å². The molecule has 0 atom stereocenters. The molecule has 2 fully saturated rings. The summed E-state index contributed by atoms with van der Waals surface area (Å²) in [7, 11) is 0. The number of morpholine rings is 1. The van der Waals surface area contributed by atoms with E-state index < -0.39 is 0 Å². The molecule has 1 N–H and O–H groups in total. The van der Waals surface area contributed by atoms with Crippen LogP contribution < -0.4 is 5.32 Å². The van der Waals surface area contributed by atoms with Crippen LogP contribution in [0.3, 0.4) is 0 Å². The molecule has 0 radical (unpaired) electrons. The lowest BCUT2D eigenvalue weighted by atomic mass is 9.99. The van der Waals surface area contributed by atoms with Gasteiger partial charge in [-0.15, -0.1) is 0 Å². The van der Waals surface area contributed by atoms with Crippen LogP contribution in [0.4, 0.5) is 0 Å². The smallest absolute Gasteiger partial charge is 0.0594 e. The predicted molar refractivity (Wildman–Crippen MR) is 48.2 cm³/mol. The lowest BCUT2D eigenvalue weighted by Gasteiger charge is -2.31. The molecule has 0 aliphatic carbocycles. The van der Waals surface area contributed by atoms with Crippen LogP contribution in [-0.2, 0) is 4.74 Å². The average molecular weight is 170 g/mol. The number of rotatable bonds is 3. The van der Waals surface area contributed by atoms with E-state index in [0.29, 0.717) is 0 Å². The van der Waals surface area contributed by atoms with Crippen molar-refractivity contribution in [1.82, 2.24) is 10.2 Å². The second-order valence-electron chi connectivity index (χ2n) is 3.77. The Balaban J connectivity index is 1.58. The van der Waals surface area contributed by atoms with E-state index in [9.17, 15) is 0 Å². The Morgan fingerprint density at radius 2 is 2.00 bits per heavy atom. The van der Waals surface area contributed by atoms with Gasteiger partial charge in [0.2, 0.25) is 0 Å². The van der Waals surface area contributed by atoms with E-state index in [-0.39, 0.29) is 0 Å². The van der Waals surface area contributed by atoms with Gasteiger partial charge in [-0.05, 0) is 32.0 Å². The number of ether oxygens (including phenoxy) is 1. The zero-order valence-corrected chi connectivity index (χ0v) is 7.59. The third kappa shape index (κ3) is 2.19. The number of nitrogens with zero attached hydrogens (tertiary/aromatic N) is 1. The van der Waals surface area contributed by atoms with Gasteiger partial charge in [0.05, 0.1) is 13.2 Å². The first-order chi connectivity index (χ1) is 5.95. The number of hydrogen-bond donors (Lipinski definition) is 1. The van der Waals surface area contributed by atoms with Crippen molar-refractivity contribution in [2.24, 2.45) is 5.92 Å². The minimum absolute atomic E-state index is 0.933. The monoisotopic (exact) mass is 170 g/mol. The lowest BCUT2D eigenvalue weighted by molar-refractivity contribution is 0.0342. The van der Waals surface area contributed by atoms with Gasteiger partial charge in [-0.3, -0.25) is 4.90 Å². The van der Waals surface area contributed by atoms with Gasteiger partial charge >= 0.3 is 0 Å². The molecule has 0 aromatic rings. The van der Waals surface area contributed by atoms with Crippen LogP contribution >= 0.6 is 0 Å². The minimum Gasteiger partial charge on any atom is -0.379 e. The van der Waals surface area contributed by atoms with Crippen molar-refractivity contribution in [3.8, 4) is 0 Å². The van der Waals surface area contributed by atoms with Gasteiger partial charge in [0.25, 0.3) is 0 Å². The van der Waals surface area contributed by atoms with E-state index in [0.717, 1.165) is 32.2 Å². The SMILES string of the molecule is C1CN(CCC2CNC2)CCO1. The molecular weight excluding hydrogens is 152 g/mol. The molecule has 2 heterocycles. The standard InChI is InChI=1S/C9H18N2O/c1(9-7-10-8-9)2-11-3-5-12-6-4-11/h9-10H,1-8H2. The summed E-state index contributed by atoms with van der Waals surface area (Å²) >= 11 is 0. The van der Waals surface area contributed by atoms with Crippen LogP contribution in [0.1, 0.15) is 6.42 Å². The van der Waals surface area contributed by atoms with Gasteiger partial charge in [-0.2, -0.15) is 0 Å². The highest BCUT2D eigenvalue weighted by molar-refractivity contribution is 4.76. The molecule has 0 spiro atoms. The molecule has 0 aromatic carbocycles. The summed E-state index contributed by atoms with van der Waals surface area (Å²) < 4.78 is 5.29. The summed E-state index contributed by atoms with van der Waals surface area (Å²) in [5.74, 6) is 0.952. The van der Waals surface area contributed by atoms with Crippen molar-refractivity contribution >= 4 is 0 Å². The Morgan fingerprint density at radius 3 is 2.58 bits per heavy atom. The Bertz CT molecular complexity index is 130. The zero-order chi connectivity index (χ0) is 8.23. The normalized spacial score (nSPS) is 27.0. The van der Waals surface area contributed by atoms with Gasteiger partial charge in [-0.1, -0.05) is 0 Å². The Labute approximate surface area is 74.1 Å². The molecule has 2 rings (SSSR count). The maximum Gasteiger partial charge on any atom is 0.0594 e. The van der Waals surface area contributed by atoms with E-state index in [1.807, 2.05) is 0 Å². The van der Waals surface area contributed by atoms with Crippen molar-refractivity contribution in [3.63, 3.8) is 0 Å². The molecule has 70 valence electrons. The summed E-state index contributed by atoms with van der Waals surface area (Å²) in [5.41, 5.74) is 0. The summed E-state index contributed by atoms with van der Waals surface area (Å²) in [4.78, 5) is 2.52. The van der Waals surface area contributed by atoms with Crippen LogP contribution in [0, 0.1) is 5.92 Å². The second kappa shape index (κ2) is 4.21. The summed E-state index contributed by atoms with van der Waals surface area (Å²) in [6, 6.07) is 0. The molecule has 0 aromatic heterocycles. The largest absolute Gasteiger partial charge is 0.379 e. The first-order valence-corrected chi connectivity index (χ1v) is 4.96. The summed E-state index contributed by atoms with van der Waals surface area (Å²) in [6.45, 7) is 7.90. The molecule has 0 unspecified atom stereocenters. The fraction of sp³-hybridized carbons (Fsp3) is 1.00. The van der Waals surface area contributed by atoms with Crippen molar-refractivity contribution in [2.45, 2.75) is 6.42 Å². The number of nitrogens with one attached hydrogen (secondary N) is 1. The molecule has 2 saturated heterocycles. The molecule has 2 aliphatic heterocycles. The van der Waals surface area contributed by atoms with Gasteiger partial charge in [0, 0.05) is 13.1 Å². The van der Waals surface area contributed by atoms with Crippen LogP contribution in [0.15, 0.2) is 0 Å². The Kier molecular flexibility index (Phi) is 2.98. The molecule has 0 saturated carbocycles. The van der Waals surface area contributed by atoms with E-state index in [4.69, 9.17) is 4.74 Å². The van der Waals surface area contributed by atoms with Crippen molar-refractivity contribution < 1.29 is 4.74 Å². The van der Waals surface area contributed by atoms with Gasteiger partial charge in [-0.25, -0.2) is 0 Å². The van der Waals surface area contributed by atoms with Gasteiger partial charge < -0.3 is 10.1 Å². The fourth-order valence-corrected chi connectivity index (χ4v) is 1.74. The van der Waals surface area contributed by atoms with Gasteiger partial charge in [0.1, 0.15) is 0 Å². The fourth-order valence-electron chi connectivity index (χ4n) is 1.74. The third-order valence-corrected chi connectivity index (χ3v) is 2.82. The maximum atomic E-state index is 5.29. The van der Waals surface area contributed by atoms with E-state index in [2.05, 4.69) is 10.2 Å². The average Bonchev–Trinajstić information content (AvgIpc) is 2.04. The molecule has 0 bridgehead atoms. The predicted octanol–water partition coefficient (Wildman–Crippen LogP) is -0.0719. The quantitative estimate of drug-likeness (QED) is 0.641. The first-order valence-electron chi connectivity index (χ1n) is 4.96. The first kappa shape index (κ1) is 8.48. The lowest BCUT2D eigenvalue weighted by Crippen LogP contribution is -2.45. The zero-order valence-electron chi connectivity index (χ0n) is 7.59. The van der Waals surface area contributed by atoms with E-state index in [1.54, 1.807) is 0 Å². The highest BCUT2D eigenvalue weighted by Crippen LogP contribution is 2.09. The van der Waals surface area contributed by atoms with E-state index in [1.165, 1.54) is 26.1 Å². The molecule has 2 aliphatic rings. The van der Waals surface area contributed by atoms with Gasteiger partial charge in [0.15, 0.2) is 0 Å². The minimum atomic E-state index is 0.933. The Hall–Kier alpha value is -0.120. The molecule has 12 heavy (non-hydrogen) atoms. The van der Waals surface area contributed by atoms with Crippen LogP contribution in [-0.4, -0.2) is 50.8 Å². The summed E-state index contributed by atoms with van der Waals surface area (Å²) in [6.07, 6.45) is 1.37. The highest BCUT2D eigenvalue weighted by atomic mass is 16.5. The number of hydrogen-bond acceptors (Lipinski definition) is 3. The topological polar surface area (TPSA) is 24.5 Å². The van der Waals surface area contributed by atoms with Crippen LogP contribution in [0.5, 0.6) is 0 Å². The molecule has 3 heteroatoms. The van der Waals surface area contributed by atoms with Crippen molar-refractivity contribution in [1.29, 1.82) is 0 Å². The summed E-state index contributed by atoms with van der Waals surface area (Å²) in [5, 5.41) is 3.31. The molecule has 0 amide bonds. The maximum absolute atomic E-state index is 5.29. The molecule has 3 nitrogen and oxygen atoms in total.